The lowest BCUT2D eigenvalue weighted by Gasteiger charge is -1.96. The molecule has 0 radical (unpaired) electrons. The van der Waals surface area contributed by atoms with Gasteiger partial charge in [0.05, 0.1) is 6.33 Å². The fourth-order valence-corrected chi connectivity index (χ4v) is 1.73. The Hall–Kier alpha value is -1.23. The van der Waals surface area contributed by atoms with Gasteiger partial charge >= 0.3 is 0 Å². The summed E-state index contributed by atoms with van der Waals surface area (Å²) < 4.78 is 0. The van der Waals surface area contributed by atoms with E-state index in [2.05, 4.69) is 35.7 Å². The van der Waals surface area contributed by atoms with Crippen LogP contribution in [0, 0.1) is 23.7 Å². The predicted molar refractivity (Wildman–Crippen MR) is 61.3 cm³/mol. The smallest absolute Gasteiger partial charge is 0.0921 e. The molecule has 15 heavy (non-hydrogen) atoms. The Morgan fingerprint density at radius 3 is 3.13 bits per heavy atom. The van der Waals surface area contributed by atoms with Crippen LogP contribution in [0.4, 0.5) is 0 Å². The molecule has 0 unspecified atom stereocenters. The van der Waals surface area contributed by atoms with Crippen LogP contribution in [-0.4, -0.2) is 9.97 Å². The average Bonchev–Trinajstić information content (AvgIpc) is 2.76. The first-order valence-electron chi connectivity index (χ1n) is 5.74. The van der Waals surface area contributed by atoms with Gasteiger partial charge < -0.3 is 4.98 Å². The summed E-state index contributed by atoms with van der Waals surface area (Å²) in [5, 5.41) is 0. The van der Waals surface area contributed by atoms with Gasteiger partial charge in [0.15, 0.2) is 0 Å². The number of imidazole rings is 1. The minimum atomic E-state index is 0.581. The van der Waals surface area contributed by atoms with Crippen molar-refractivity contribution in [2.45, 2.75) is 39.0 Å². The Kier molecular flexibility index (Phi) is 3.11. The van der Waals surface area contributed by atoms with E-state index in [4.69, 9.17) is 0 Å². The van der Waals surface area contributed by atoms with E-state index >= 15 is 0 Å². The predicted octanol–water partition coefficient (Wildman–Crippen LogP) is 2.95. The molecule has 0 aromatic carbocycles. The minimum absolute atomic E-state index is 0.581. The molecule has 0 bridgehead atoms. The standard InChI is InChI=1S/C13H18N2/c1-10(2)5-3-4-6-11-7-12(11)13-8-14-9-15-13/h8-12H,3,5,7H2,1-2H3,(H,14,15)/t11-,12-/m1/s1. The lowest BCUT2D eigenvalue weighted by molar-refractivity contribution is 0.599. The molecule has 1 heterocycles. The van der Waals surface area contributed by atoms with Crippen molar-refractivity contribution < 1.29 is 0 Å². The van der Waals surface area contributed by atoms with Gasteiger partial charge in [-0.15, -0.1) is 5.92 Å². The molecule has 0 aliphatic heterocycles. The quantitative estimate of drug-likeness (QED) is 0.750. The maximum Gasteiger partial charge on any atom is 0.0921 e. The van der Waals surface area contributed by atoms with Crippen molar-refractivity contribution in [3.8, 4) is 11.8 Å². The summed E-state index contributed by atoms with van der Waals surface area (Å²) >= 11 is 0. The molecule has 2 rings (SSSR count). The van der Waals surface area contributed by atoms with Crippen LogP contribution in [0.25, 0.3) is 0 Å². The number of rotatable bonds is 3. The molecular formula is C13H18N2. The number of aromatic amines is 1. The number of nitrogens with zero attached hydrogens (tertiary/aromatic N) is 1. The number of hydrogen-bond acceptors (Lipinski definition) is 1. The molecule has 2 atom stereocenters. The first-order valence-corrected chi connectivity index (χ1v) is 5.74. The summed E-state index contributed by atoms with van der Waals surface area (Å²) in [6.07, 6.45) is 7.13. The topological polar surface area (TPSA) is 28.7 Å². The summed E-state index contributed by atoms with van der Waals surface area (Å²) in [7, 11) is 0. The van der Waals surface area contributed by atoms with Gasteiger partial charge in [-0.3, -0.25) is 0 Å². The molecule has 1 aliphatic carbocycles. The third-order valence-electron chi connectivity index (χ3n) is 2.84. The van der Waals surface area contributed by atoms with E-state index < -0.39 is 0 Å². The third kappa shape index (κ3) is 2.86. The van der Waals surface area contributed by atoms with E-state index in [0.717, 1.165) is 12.3 Å². The zero-order valence-electron chi connectivity index (χ0n) is 9.46. The lowest BCUT2D eigenvalue weighted by Crippen LogP contribution is -1.84. The second kappa shape index (κ2) is 4.53. The summed E-state index contributed by atoms with van der Waals surface area (Å²) in [6.45, 7) is 4.48. The van der Waals surface area contributed by atoms with Gasteiger partial charge in [0, 0.05) is 30.1 Å². The SMILES string of the molecule is CC(C)CCC#C[C@@H]1C[C@H]1c1cnc[nH]1. The number of aromatic nitrogens is 2. The fourth-order valence-electron chi connectivity index (χ4n) is 1.73. The molecule has 1 saturated carbocycles. The first kappa shape index (κ1) is 10.3. The highest BCUT2D eigenvalue weighted by atomic mass is 14.9. The molecule has 0 saturated heterocycles. The van der Waals surface area contributed by atoms with Crippen molar-refractivity contribution >= 4 is 0 Å². The van der Waals surface area contributed by atoms with Crippen LogP contribution in [0.5, 0.6) is 0 Å². The Labute approximate surface area is 91.5 Å². The van der Waals surface area contributed by atoms with Crippen LogP contribution < -0.4 is 0 Å². The molecular weight excluding hydrogens is 184 g/mol. The highest BCUT2D eigenvalue weighted by Gasteiger charge is 2.37. The van der Waals surface area contributed by atoms with Gasteiger partial charge in [-0.2, -0.15) is 0 Å². The van der Waals surface area contributed by atoms with Crippen LogP contribution in [0.2, 0.25) is 0 Å². The molecule has 2 heteroatoms. The lowest BCUT2D eigenvalue weighted by atomic mass is 10.1. The Balaban J connectivity index is 1.75. The molecule has 1 fully saturated rings. The van der Waals surface area contributed by atoms with Crippen LogP contribution in [0.1, 0.15) is 44.7 Å². The van der Waals surface area contributed by atoms with Crippen LogP contribution in [0.3, 0.4) is 0 Å². The van der Waals surface area contributed by atoms with Gasteiger partial charge in [-0.1, -0.05) is 19.8 Å². The number of nitrogens with one attached hydrogen (secondary N) is 1. The second-order valence-corrected chi connectivity index (χ2v) is 4.71. The van der Waals surface area contributed by atoms with E-state index in [1.165, 1.54) is 18.5 Å². The summed E-state index contributed by atoms with van der Waals surface area (Å²) in [5.74, 6) is 8.61. The molecule has 1 N–H and O–H groups in total. The highest BCUT2D eigenvalue weighted by molar-refractivity contribution is 5.24. The van der Waals surface area contributed by atoms with Gasteiger partial charge in [0.25, 0.3) is 0 Å². The minimum Gasteiger partial charge on any atom is -0.348 e. The molecule has 1 aromatic heterocycles. The van der Waals surface area contributed by atoms with E-state index in [9.17, 15) is 0 Å². The van der Waals surface area contributed by atoms with Gasteiger partial charge in [0.2, 0.25) is 0 Å². The van der Waals surface area contributed by atoms with Crippen molar-refractivity contribution in [2.24, 2.45) is 11.8 Å². The monoisotopic (exact) mass is 202 g/mol. The molecule has 1 aromatic rings. The Morgan fingerprint density at radius 2 is 2.47 bits per heavy atom. The largest absolute Gasteiger partial charge is 0.348 e. The van der Waals surface area contributed by atoms with E-state index in [1.54, 1.807) is 6.33 Å². The van der Waals surface area contributed by atoms with Crippen molar-refractivity contribution in [2.75, 3.05) is 0 Å². The van der Waals surface area contributed by atoms with E-state index in [1.807, 2.05) is 6.20 Å². The maximum absolute atomic E-state index is 4.03. The van der Waals surface area contributed by atoms with Gasteiger partial charge in [0.1, 0.15) is 0 Å². The summed E-state index contributed by atoms with van der Waals surface area (Å²) in [4.78, 5) is 7.19. The number of H-pyrrole nitrogens is 1. The molecule has 0 amide bonds. The molecule has 2 nitrogen and oxygen atoms in total. The van der Waals surface area contributed by atoms with Crippen molar-refractivity contribution in [3.63, 3.8) is 0 Å². The van der Waals surface area contributed by atoms with Crippen molar-refractivity contribution in [1.82, 2.24) is 9.97 Å². The van der Waals surface area contributed by atoms with Crippen molar-refractivity contribution in [3.05, 3.63) is 18.2 Å². The fraction of sp³-hybridized carbons (Fsp3) is 0.615. The normalized spacial score (nSPS) is 23.7. The first-order chi connectivity index (χ1) is 7.27. The summed E-state index contributed by atoms with van der Waals surface area (Å²) in [6, 6.07) is 0. The van der Waals surface area contributed by atoms with Crippen LogP contribution in [0.15, 0.2) is 12.5 Å². The Morgan fingerprint density at radius 1 is 1.60 bits per heavy atom. The third-order valence-corrected chi connectivity index (χ3v) is 2.84. The Bertz CT molecular complexity index is 354. The zero-order chi connectivity index (χ0) is 10.7. The molecule has 0 spiro atoms. The average molecular weight is 202 g/mol. The van der Waals surface area contributed by atoms with E-state index in [0.29, 0.717) is 11.8 Å². The van der Waals surface area contributed by atoms with Crippen molar-refractivity contribution in [1.29, 1.82) is 0 Å². The zero-order valence-corrected chi connectivity index (χ0v) is 9.46. The highest BCUT2D eigenvalue weighted by Crippen LogP contribution is 2.45. The number of hydrogen-bond donors (Lipinski definition) is 1. The van der Waals surface area contributed by atoms with E-state index in [-0.39, 0.29) is 0 Å². The summed E-state index contributed by atoms with van der Waals surface area (Å²) in [5.41, 5.74) is 1.25. The van der Waals surface area contributed by atoms with Crippen LogP contribution in [-0.2, 0) is 0 Å². The molecule has 80 valence electrons. The molecule has 1 aliphatic rings. The van der Waals surface area contributed by atoms with Crippen LogP contribution >= 0.6 is 0 Å². The maximum atomic E-state index is 4.03. The van der Waals surface area contributed by atoms with Gasteiger partial charge in [-0.05, 0) is 18.8 Å². The van der Waals surface area contributed by atoms with Gasteiger partial charge in [-0.25, -0.2) is 4.98 Å². The second-order valence-electron chi connectivity index (χ2n) is 4.71.